The van der Waals surface area contributed by atoms with Gasteiger partial charge in [-0.05, 0) is 54.1 Å². The fourth-order valence-corrected chi connectivity index (χ4v) is 2.41. The molecule has 0 aliphatic carbocycles. The first-order valence-electron chi connectivity index (χ1n) is 7.29. The predicted octanol–water partition coefficient (Wildman–Crippen LogP) is 5.21. The minimum absolute atomic E-state index is 0.0319. The van der Waals surface area contributed by atoms with Gasteiger partial charge in [0.2, 0.25) is 0 Å². The number of benzene rings is 3. The van der Waals surface area contributed by atoms with Crippen molar-refractivity contribution in [2.75, 3.05) is 5.32 Å². The number of carboxylic acid groups (broad SMARTS) is 1. The van der Waals surface area contributed by atoms with Crippen LogP contribution in [-0.2, 0) is 0 Å². The summed E-state index contributed by atoms with van der Waals surface area (Å²) in [6.07, 6.45) is 0. The topological polar surface area (TPSA) is 49.3 Å². The van der Waals surface area contributed by atoms with Crippen LogP contribution < -0.4 is 5.32 Å². The molecule has 3 aromatic carbocycles. The Morgan fingerprint density at radius 2 is 1.52 bits per heavy atom. The largest absolute Gasteiger partial charge is 0.478 e. The van der Waals surface area contributed by atoms with Gasteiger partial charge in [-0.25, -0.2) is 18.0 Å². The summed E-state index contributed by atoms with van der Waals surface area (Å²) in [6, 6.07) is 12.7. The second-order valence-electron chi connectivity index (χ2n) is 5.32. The van der Waals surface area contributed by atoms with Crippen LogP contribution in [0.2, 0.25) is 0 Å². The van der Waals surface area contributed by atoms with E-state index in [2.05, 4.69) is 5.32 Å². The maximum absolute atomic E-state index is 14.0. The van der Waals surface area contributed by atoms with Gasteiger partial charge in [-0.2, -0.15) is 0 Å². The standard InChI is InChI=1S/C19H12F3NO2/c20-12-2-5-14(6-3-12)23-18-9-11(1-7-16(18)19(24)25)15-8-4-13(21)10-17(15)22/h1-10,23H,(H,24,25). The molecule has 3 nitrogen and oxygen atoms in total. The fraction of sp³-hybridized carbons (Fsp3) is 0. The highest BCUT2D eigenvalue weighted by atomic mass is 19.1. The number of hydrogen-bond donors (Lipinski definition) is 2. The lowest BCUT2D eigenvalue weighted by Gasteiger charge is -2.12. The Labute approximate surface area is 141 Å². The van der Waals surface area contributed by atoms with Crippen LogP contribution in [-0.4, -0.2) is 11.1 Å². The second kappa shape index (κ2) is 6.68. The van der Waals surface area contributed by atoms with Gasteiger partial charge in [-0.3, -0.25) is 0 Å². The van der Waals surface area contributed by atoms with Crippen molar-refractivity contribution in [3.8, 4) is 11.1 Å². The van der Waals surface area contributed by atoms with Gasteiger partial charge in [-0.1, -0.05) is 6.07 Å². The molecule has 0 aliphatic rings. The first kappa shape index (κ1) is 16.6. The van der Waals surface area contributed by atoms with Crippen molar-refractivity contribution >= 4 is 17.3 Å². The fourth-order valence-electron chi connectivity index (χ4n) is 2.41. The number of aromatic carboxylic acids is 1. The van der Waals surface area contributed by atoms with E-state index in [0.717, 1.165) is 12.1 Å². The van der Waals surface area contributed by atoms with E-state index in [9.17, 15) is 23.1 Å². The third kappa shape index (κ3) is 3.63. The van der Waals surface area contributed by atoms with E-state index in [0.29, 0.717) is 11.3 Å². The zero-order valence-corrected chi connectivity index (χ0v) is 12.8. The molecule has 2 N–H and O–H groups in total. The van der Waals surface area contributed by atoms with Gasteiger partial charge >= 0.3 is 5.97 Å². The van der Waals surface area contributed by atoms with Gasteiger partial charge in [0.1, 0.15) is 17.5 Å². The molecule has 0 aliphatic heterocycles. The van der Waals surface area contributed by atoms with Gasteiger partial charge < -0.3 is 10.4 Å². The Bertz CT molecular complexity index is 940. The van der Waals surface area contributed by atoms with Gasteiger partial charge in [-0.15, -0.1) is 0 Å². The maximum Gasteiger partial charge on any atom is 0.337 e. The molecule has 126 valence electrons. The molecule has 0 bridgehead atoms. The minimum atomic E-state index is -1.17. The predicted molar refractivity (Wildman–Crippen MR) is 88.4 cm³/mol. The molecular weight excluding hydrogens is 331 g/mol. The Hall–Kier alpha value is -3.28. The molecule has 0 heterocycles. The van der Waals surface area contributed by atoms with Crippen molar-refractivity contribution in [2.45, 2.75) is 0 Å². The van der Waals surface area contributed by atoms with Crippen molar-refractivity contribution in [3.05, 3.63) is 83.7 Å². The van der Waals surface area contributed by atoms with E-state index in [-0.39, 0.29) is 16.8 Å². The summed E-state index contributed by atoms with van der Waals surface area (Å²) in [6.45, 7) is 0. The summed E-state index contributed by atoms with van der Waals surface area (Å²) in [5.41, 5.74) is 1.17. The van der Waals surface area contributed by atoms with Crippen LogP contribution in [0.1, 0.15) is 10.4 Å². The van der Waals surface area contributed by atoms with Crippen molar-refractivity contribution < 1.29 is 23.1 Å². The molecule has 3 aromatic rings. The van der Waals surface area contributed by atoms with Crippen LogP contribution in [0, 0.1) is 17.5 Å². The van der Waals surface area contributed by atoms with Gasteiger partial charge in [0.25, 0.3) is 0 Å². The smallest absolute Gasteiger partial charge is 0.337 e. The summed E-state index contributed by atoms with van der Waals surface area (Å²) in [4.78, 5) is 11.4. The highest BCUT2D eigenvalue weighted by Gasteiger charge is 2.14. The van der Waals surface area contributed by atoms with Crippen molar-refractivity contribution in [1.29, 1.82) is 0 Å². The number of rotatable bonds is 4. The Kier molecular flexibility index (Phi) is 4.43. The molecule has 3 rings (SSSR count). The normalized spacial score (nSPS) is 10.5. The molecule has 0 fully saturated rings. The summed E-state index contributed by atoms with van der Waals surface area (Å²) < 4.78 is 40.1. The molecule has 0 saturated carbocycles. The first-order chi connectivity index (χ1) is 11.9. The lowest BCUT2D eigenvalue weighted by molar-refractivity contribution is 0.0698. The van der Waals surface area contributed by atoms with Crippen molar-refractivity contribution in [1.82, 2.24) is 0 Å². The monoisotopic (exact) mass is 343 g/mol. The lowest BCUT2D eigenvalue weighted by Crippen LogP contribution is -2.03. The molecule has 0 saturated heterocycles. The molecule has 0 radical (unpaired) electrons. The SMILES string of the molecule is O=C(O)c1ccc(-c2ccc(F)cc2F)cc1Nc1ccc(F)cc1. The summed E-state index contributed by atoms with van der Waals surface area (Å²) in [5, 5.41) is 12.2. The van der Waals surface area contributed by atoms with E-state index in [4.69, 9.17) is 0 Å². The number of halogens is 3. The average Bonchev–Trinajstić information content (AvgIpc) is 2.57. The van der Waals surface area contributed by atoms with E-state index in [1.165, 1.54) is 48.5 Å². The summed E-state index contributed by atoms with van der Waals surface area (Å²) >= 11 is 0. The highest BCUT2D eigenvalue weighted by Crippen LogP contribution is 2.30. The van der Waals surface area contributed by atoms with Crippen LogP contribution >= 0.6 is 0 Å². The van der Waals surface area contributed by atoms with Crippen molar-refractivity contribution in [2.24, 2.45) is 0 Å². The number of anilines is 2. The minimum Gasteiger partial charge on any atom is -0.478 e. The average molecular weight is 343 g/mol. The Morgan fingerprint density at radius 1 is 0.840 bits per heavy atom. The number of carbonyl (C=O) groups is 1. The third-order valence-electron chi connectivity index (χ3n) is 3.62. The summed E-state index contributed by atoms with van der Waals surface area (Å²) in [5.74, 6) is -3.05. The molecule has 25 heavy (non-hydrogen) atoms. The zero-order chi connectivity index (χ0) is 18.0. The molecule has 0 unspecified atom stereocenters. The quantitative estimate of drug-likeness (QED) is 0.683. The maximum atomic E-state index is 14.0. The molecule has 0 amide bonds. The van der Waals surface area contributed by atoms with E-state index < -0.39 is 23.4 Å². The van der Waals surface area contributed by atoms with Crippen LogP contribution in [0.4, 0.5) is 24.5 Å². The molecule has 0 aromatic heterocycles. The molecular formula is C19H12F3NO2. The zero-order valence-electron chi connectivity index (χ0n) is 12.8. The molecule has 0 spiro atoms. The molecule has 0 atom stereocenters. The van der Waals surface area contributed by atoms with Gasteiger partial charge in [0.15, 0.2) is 0 Å². The number of carboxylic acids is 1. The van der Waals surface area contributed by atoms with Crippen LogP contribution in [0.3, 0.4) is 0 Å². The first-order valence-corrected chi connectivity index (χ1v) is 7.29. The van der Waals surface area contributed by atoms with E-state index in [1.807, 2.05) is 0 Å². The van der Waals surface area contributed by atoms with Gasteiger partial charge in [0.05, 0.1) is 11.3 Å². The second-order valence-corrected chi connectivity index (χ2v) is 5.32. The van der Waals surface area contributed by atoms with Crippen molar-refractivity contribution in [3.63, 3.8) is 0 Å². The third-order valence-corrected chi connectivity index (χ3v) is 3.62. The van der Waals surface area contributed by atoms with Crippen LogP contribution in [0.25, 0.3) is 11.1 Å². The Morgan fingerprint density at radius 3 is 2.16 bits per heavy atom. The lowest BCUT2D eigenvalue weighted by atomic mass is 10.0. The van der Waals surface area contributed by atoms with Gasteiger partial charge in [0, 0.05) is 17.3 Å². The molecule has 6 heteroatoms. The Balaban J connectivity index is 2.05. The van der Waals surface area contributed by atoms with Crippen LogP contribution in [0.15, 0.2) is 60.7 Å². The number of nitrogens with one attached hydrogen (secondary N) is 1. The van der Waals surface area contributed by atoms with Crippen LogP contribution in [0.5, 0.6) is 0 Å². The van der Waals surface area contributed by atoms with E-state index in [1.54, 1.807) is 0 Å². The highest BCUT2D eigenvalue weighted by molar-refractivity contribution is 5.96. The van der Waals surface area contributed by atoms with E-state index >= 15 is 0 Å². The number of hydrogen-bond acceptors (Lipinski definition) is 2. The summed E-state index contributed by atoms with van der Waals surface area (Å²) in [7, 11) is 0.